The number of carbonyl (C=O) groups is 1. The van der Waals surface area contributed by atoms with E-state index < -0.39 is 15.9 Å². The fourth-order valence-electron chi connectivity index (χ4n) is 3.56. The summed E-state index contributed by atoms with van der Waals surface area (Å²) in [5.74, 6) is 0.643. The lowest BCUT2D eigenvalue weighted by molar-refractivity contribution is -0.118. The minimum absolute atomic E-state index is 0.00956. The van der Waals surface area contributed by atoms with Crippen molar-refractivity contribution in [1.82, 2.24) is 0 Å². The van der Waals surface area contributed by atoms with E-state index in [9.17, 15) is 13.2 Å². The average Bonchev–Trinajstić information content (AvgIpc) is 3.09. The molecule has 1 aliphatic rings. The summed E-state index contributed by atoms with van der Waals surface area (Å²) in [5, 5.41) is 3.12. The molecule has 3 aromatic carbocycles. The predicted octanol–water partition coefficient (Wildman–Crippen LogP) is 5.53. The number of benzene rings is 3. The van der Waals surface area contributed by atoms with Crippen LogP contribution in [0.4, 0.5) is 11.4 Å². The van der Waals surface area contributed by atoms with Gasteiger partial charge in [-0.1, -0.05) is 35.3 Å². The zero-order valence-electron chi connectivity index (χ0n) is 18.4. The van der Waals surface area contributed by atoms with Crippen LogP contribution in [0.1, 0.15) is 19.4 Å². The summed E-state index contributed by atoms with van der Waals surface area (Å²) in [6.45, 7) is 3.68. The largest absolute Gasteiger partial charge is 0.483 e. The Kier molecular flexibility index (Phi) is 6.66. The quantitative estimate of drug-likeness (QED) is 0.427. The second-order valence-electron chi connectivity index (χ2n) is 8.38. The van der Waals surface area contributed by atoms with Gasteiger partial charge in [0.25, 0.3) is 15.9 Å². The summed E-state index contributed by atoms with van der Waals surface area (Å²) in [6.07, 6.45) is 0.748. The molecule has 0 aromatic heterocycles. The van der Waals surface area contributed by atoms with E-state index in [1.807, 2.05) is 26.0 Å². The van der Waals surface area contributed by atoms with Gasteiger partial charge in [0.1, 0.15) is 10.5 Å². The van der Waals surface area contributed by atoms with Crippen LogP contribution in [0.5, 0.6) is 11.5 Å². The predicted molar refractivity (Wildman–Crippen MR) is 133 cm³/mol. The first kappa shape index (κ1) is 24.2. The molecular formula is C24H22Cl2N2O5S. The van der Waals surface area contributed by atoms with Gasteiger partial charge in [-0.3, -0.25) is 9.52 Å². The molecule has 0 saturated carbocycles. The van der Waals surface area contributed by atoms with Crippen molar-refractivity contribution in [3.63, 3.8) is 0 Å². The summed E-state index contributed by atoms with van der Waals surface area (Å²) in [6, 6.07) is 15.9. The number of carbonyl (C=O) groups excluding carboxylic acids is 1. The summed E-state index contributed by atoms with van der Waals surface area (Å²) in [5.41, 5.74) is 1.26. The Morgan fingerprint density at radius 3 is 2.50 bits per heavy atom. The molecule has 1 aliphatic heterocycles. The maximum atomic E-state index is 12.8. The molecule has 4 rings (SSSR count). The van der Waals surface area contributed by atoms with Crippen molar-refractivity contribution in [3.05, 3.63) is 76.3 Å². The second-order valence-corrected chi connectivity index (χ2v) is 10.9. The molecule has 0 atom stereocenters. The Balaban J connectivity index is 1.44. The number of anilines is 2. The van der Waals surface area contributed by atoms with Crippen LogP contribution < -0.4 is 19.5 Å². The fraction of sp³-hybridized carbons (Fsp3) is 0.208. The van der Waals surface area contributed by atoms with E-state index in [1.165, 1.54) is 30.3 Å². The Morgan fingerprint density at radius 2 is 1.76 bits per heavy atom. The highest BCUT2D eigenvalue weighted by Gasteiger charge is 2.32. The van der Waals surface area contributed by atoms with Crippen LogP contribution in [0.15, 0.2) is 65.6 Å². The van der Waals surface area contributed by atoms with Crippen molar-refractivity contribution in [2.24, 2.45) is 0 Å². The Hall–Kier alpha value is -2.94. The number of fused-ring (bicyclic) bond motifs is 1. The normalized spacial score (nSPS) is 14.1. The van der Waals surface area contributed by atoms with Gasteiger partial charge in [0.05, 0.1) is 5.02 Å². The molecule has 34 heavy (non-hydrogen) atoms. The van der Waals surface area contributed by atoms with Crippen LogP contribution in [0.25, 0.3) is 0 Å². The number of amides is 1. The average molecular weight is 521 g/mol. The van der Waals surface area contributed by atoms with Crippen molar-refractivity contribution >= 4 is 50.5 Å². The highest BCUT2D eigenvalue weighted by molar-refractivity contribution is 7.92. The number of sulfonamides is 1. The highest BCUT2D eigenvalue weighted by atomic mass is 35.5. The number of nitrogens with one attached hydrogen (secondary N) is 2. The minimum Gasteiger partial charge on any atom is -0.483 e. The van der Waals surface area contributed by atoms with Gasteiger partial charge in [0.2, 0.25) is 0 Å². The van der Waals surface area contributed by atoms with E-state index in [1.54, 1.807) is 18.2 Å². The van der Waals surface area contributed by atoms with Gasteiger partial charge >= 0.3 is 0 Å². The van der Waals surface area contributed by atoms with Crippen LogP contribution in [-0.4, -0.2) is 26.5 Å². The first-order chi connectivity index (χ1) is 16.0. The van der Waals surface area contributed by atoms with Crippen molar-refractivity contribution in [2.75, 3.05) is 16.6 Å². The maximum Gasteiger partial charge on any atom is 0.263 e. The molecule has 1 heterocycles. The van der Waals surface area contributed by atoms with E-state index >= 15 is 0 Å². The minimum atomic E-state index is -4.01. The first-order valence-electron chi connectivity index (χ1n) is 10.3. The molecule has 178 valence electrons. The topological polar surface area (TPSA) is 93.7 Å². The van der Waals surface area contributed by atoms with Crippen LogP contribution in [0.2, 0.25) is 10.0 Å². The maximum absolute atomic E-state index is 12.8. The van der Waals surface area contributed by atoms with E-state index in [0.29, 0.717) is 22.2 Å². The van der Waals surface area contributed by atoms with E-state index in [4.69, 9.17) is 32.7 Å². The lowest BCUT2D eigenvalue weighted by atomic mass is 10.0. The van der Waals surface area contributed by atoms with E-state index in [0.717, 1.165) is 12.0 Å². The van der Waals surface area contributed by atoms with Crippen molar-refractivity contribution in [3.8, 4) is 11.5 Å². The van der Waals surface area contributed by atoms with Crippen LogP contribution in [-0.2, 0) is 21.2 Å². The van der Waals surface area contributed by atoms with Crippen LogP contribution in [0.3, 0.4) is 0 Å². The van der Waals surface area contributed by atoms with Gasteiger partial charge < -0.3 is 14.8 Å². The van der Waals surface area contributed by atoms with Crippen molar-refractivity contribution < 1.29 is 22.7 Å². The smallest absolute Gasteiger partial charge is 0.263 e. The number of hydrogen-bond acceptors (Lipinski definition) is 5. The lowest BCUT2D eigenvalue weighted by Gasteiger charge is -2.18. The molecule has 0 spiro atoms. The molecule has 0 saturated heterocycles. The Labute approximate surface area is 208 Å². The molecule has 0 bridgehead atoms. The van der Waals surface area contributed by atoms with Crippen LogP contribution >= 0.6 is 23.2 Å². The summed E-state index contributed by atoms with van der Waals surface area (Å²) in [7, 11) is -4.01. The van der Waals surface area contributed by atoms with Crippen LogP contribution in [0, 0.1) is 0 Å². The molecule has 0 unspecified atom stereocenters. The molecule has 0 aliphatic carbocycles. The summed E-state index contributed by atoms with van der Waals surface area (Å²) in [4.78, 5) is 12.3. The molecule has 7 nitrogen and oxygen atoms in total. The second kappa shape index (κ2) is 9.37. The van der Waals surface area contributed by atoms with E-state index in [2.05, 4.69) is 10.0 Å². The lowest BCUT2D eigenvalue weighted by Crippen LogP contribution is -2.25. The molecule has 1 amide bonds. The number of para-hydroxylation sites is 1. The molecule has 3 aromatic rings. The van der Waals surface area contributed by atoms with Gasteiger partial charge in [-0.25, -0.2) is 8.42 Å². The zero-order chi connectivity index (χ0) is 24.5. The monoisotopic (exact) mass is 520 g/mol. The number of halogens is 2. The molecule has 10 heteroatoms. The molecular weight excluding hydrogens is 499 g/mol. The molecule has 2 N–H and O–H groups in total. The van der Waals surface area contributed by atoms with Gasteiger partial charge in [0, 0.05) is 28.4 Å². The third-order valence-corrected chi connectivity index (χ3v) is 7.13. The van der Waals surface area contributed by atoms with Gasteiger partial charge in [0.15, 0.2) is 18.1 Å². The number of rotatable bonds is 7. The van der Waals surface area contributed by atoms with Crippen molar-refractivity contribution in [2.45, 2.75) is 30.8 Å². The third-order valence-electron chi connectivity index (χ3n) is 5.01. The number of ether oxygens (including phenoxy) is 2. The highest BCUT2D eigenvalue weighted by Crippen LogP contribution is 2.41. The first-order valence-corrected chi connectivity index (χ1v) is 12.6. The number of hydrogen-bond donors (Lipinski definition) is 2. The van der Waals surface area contributed by atoms with Crippen molar-refractivity contribution in [1.29, 1.82) is 0 Å². The van der Waals surface area contributed by atoms with Gasteiger partial charge in [-0.2, -0.15) is 0 Å². The van der Waals surface area contributed by atoms with Gasteiger partial charge in [-0.05, 0) is 62.4 Å². The van der Waals surface area contributed by atoms with Gasteiger partial charge in [-0.15, -0.1) is 0 Å². The zero-order valence-corrected chi connectivity index (χ0v) is 20.7. The summed E-state index contributed by atoms with van der Waals surface area (Å²) >= 11 is 12.0. The Bertz CT molecular complexity index is 1340. The Morgan fingerprint density at radius 1 is 1.06 bits per heavy atom. The third kappa shape index (κ3) is 5.58. The van der Waals surface area contributed by atoms with E-state index in [-0.39, 0.29) is 27.8 Å². The standard InChI is InChI=1S/C24H22Cl2N2O5S/c1-24(2)13-15-4-3-5-20(23(15)33-24)32-14-22(29)27-18-10-11-19(26)21(12-18)34(30,31)28-17-8-6-16(25)7-9-17/h3-12,28H,13-14H2,1-2H3,(H,27,29). The SMILES string of the molecule is CC1(C)Cc2cccc(OCC(=O)Nc3ccc(Cl)c(S(=O)(=O)Nc4ccc(Cl)cc4)c3)c2O1. The molecule has 0 fully saturated rings. The summed E-state index contributed by atoms with van der Waals surface area (Å²) < 4.78 is 39.7. The fourth-order valence-corrected chi connectivity index (χ4v) is 5.27. The molecule has 0 radical (unpaired) electrons.